The number of ketones is 1. The Hall–Kier alpha value is -4.79. The molecule has 0 saturated carbocycles. The lowest BCUT2D eigenvalue weighted by Crippen LogP contribution is -2.36. The normalized spacial score (nSPS) is 10.8. The first-order valence-corrected chi connectivity index (χ1v) is 11.7. The fourth-order valence-electron chi connectivity index (χ4n) is 4.12. The summed E-state index contributed by atoms with van der Waals surface area (Å²) in [6, 6.07) is 15.4. The molecule has 0 aliphatic heterocycles. The first-order valence-electron chi connectivity index (χ1n) is 11.7. The molecule has 2 aromatic heterocycles. The number of amidine groups is 1. The average Bonchev–Trinajstić information content (AvgIpc) is 3.23. The predicted molar refractivity (Wildman–Crippen MR) is 141 cm³/mol. The highest BCUT2D eigenvalue weighted by atomic mass is 16.5. The number of aryl methyl sites for hydroxylation is 1. The Balaban J connectivity index is 1.70. The Labute approximate surface area is 214 Å². The summed E-state index contributed by atoms with van der Waals surface area (Å²) in [5.41, 5.74) is 9.05. The number of amides is 1. The van der Waals surface area contributed by atoms with Gasteiger partial charge in [0.05, 0.1) is 6.61 Å². The molecular formula is C28H27N5O4. The summed E-state index contributed by atoms with van der Waals surface area (Å²) in [7, 11) is 1.85. The minimum Gasteiger partial charge on any atom is -0.465 e. The topological polar surface area (TPSA) is 131 Å². The first kappa shape index (κ1) is 25.3. The van der Waals surface area contributed by atoms with Gasteiger partial charge in [-0.1, -0.05) is 24.3 Å². The van der Waals surface area contributed by atoms with Crippen LogP contribution in [0.25, 0.3) is 10.9 Å². The van der Waals surface area contributed by atoms with Crippen molar-refractivity contribution >= 4 is 40.1 Å². The molecule has 1 amide bonds. The van der Waals surface area contributed by atoms with Crippen molar-refractivity contribution in [2.75, 3.05) is 18.1 Å². The standard InChI is InChI=1S/C28H27N5O4/c1-3-37-26(35)17-33(28(36)20-10-12-31-13-11-20)21-8-9-24-22(15-21)23(16-32(24)2)25(34)14-18-4-6-19(7-5-18)27(29)30/h4-13,15-16H,3,14,17H2,1-2H3,(H3,29,30). The Morgan fingerprint density at radius 3 is 2.38 bits per heavy atom. The maximum absolute atomic E-state index is 13.4. The van der Waals surface area contributed by atoms with Crippen LogP contribution in [-0.2, 0) is 23.0 Å². The number of nitrogen functional groups attached to an aromatic ring is 1. The van der Waals surface area contributed by atoms with Gasteiger partial charge >= 0.3 is 5.97 Å². The Morgan fingerprint density at radius 1 is 1.03 bits per heavy atom. The molecule has 0 unspecified atom stereocenters. The zero-order valence-electron chi connectivity index (χ0n) is 20.6. The molecule has 188 valence electrons. The van der Waals surface area contributed by atoms with Crippen LogP contribution in [0.4, 0.5) is 5.69 Å². The van der Waals surface area contributed by atoms with E-state index in [4.69, 9.17) is 15.9 Å². The SMILES string of the molecule is CCOC(=O)CN(C(=O)c1ccncc1)c1ccc2c(c1)c(C(=O)Cc1ccc(C(=N)N)cc1)cn2C. The van der Waals surface area contributed by atoms with Crippen LogP contribution in [0.3, 0.4) is 0 Å². The lowest BCUT2D eigenvalue weighted by Gasteiger charge is -2.22. The van der Waals surface area contributed by atoms with Crippen LogP contribution >= 0.6 is 0 Å². The number of carbonyl (C=O) groups excluding carboxylic acids is 3. The molecule has 2 heterocycles. The van der Waals surface area contributed by atoms with E-state index in [-0.39, 0.29) is 37.1 Å². The van der Waals surface area contributed by atoms with Crippen LogP contribution in [0.5, 0.6) is 0 Å². The summed E-state index contributed by atoms with van der Waals surface area (Å²) in [5.74, 6) is -1.06. The number of nitrogens with one attached hydrogen (secondary N) is 1. The molecule has 2 aromatic carbocycles. The van der Waals surface area contributed by atoms with Gasteiger partial charge < -0.3 is 15.0 Å². The molecule has 0 spiro atoms. The Bertz CT molecular complexity index is 1480. The summed E-state index contributed by atoms with van der Waals surface area (Å²) in [6.07, 6.45) is 4.94. The largest absolute Gasteiger partial charge is 0.465 e. The highest BCUT2D eigenvalue weighted by molar-refractivity contribution is 6.12. The molecule has 0 saturated heterocycles. The molecule has 4 rings (SSSR count). The van der Waals surface area contributed by atoms with Crippen LogP contribution in [-0.4, -0.2) is 46.2 Å². The number of aromatic nitrogens is 2. The van der Waals surface area contributed by atoms with E-state index in [0.29, 0.717) is 27.8 Å². The van der Waals surface area contributed by atoms with Gasteiger partial charge in [-0.3, -0.25) is 29.7 Å². The molecule has 0 aliphatic rings. The lowest BCUT2D eigenvalue weighted by atomic mass is 10.0. The quantitative estimate of drug-likeness (QED) is 0.157. The molecule has 0 bridgehead atoms. The van der Waals surface area contributed by atoms with Crippen molar-refractivity contribution in [2.24, 2.45) is 12.8 Å². The van der Waals surface area contributed by atoms with Crippen LogP contribution in [0.2, 0.25) is 0 Å². The van der Waals surface area contributed by atoms with Gasteiger partial charge in [0.15, 0.2) is 5.78 Å². The van der Waals surface area contributed by atoms with Crippen LogP contribution in [0, 0.1) is 5.41 Å². The summed E-state index contributed by atoms with van der Waals surface area (Å²) in [6.45, 7) is 1.62. The van der Waals surface area contributed by atoms with Gasteiger partial charge in [0.1, 0.15) is 12.4 Å². The number of esters is 1. The van der Waals surface area contributed by atoms with E-state index < -0.39 is 5.97 Å². The fraction of sp³-hybridized carbons (Fsp3) is 0.179. The second-order valence-electron chi connectivity index (χ2n) is 8.50. The second-order valence-corrected chi connectivity index (χ2v) is 8.50. The number of pyridine rings is 1. The number of benzene rings is 2. The van der Waals surface area contributed by atoms with Gasteiger partial charge in [-0.25, -0.2) is 0 Å². The molecule has 0 fully saturated rings. The molecular weight excluding hydrogens is 470 g/mol. The summed E-state index contributed by atoms with van der Waals surface area (Å²) >= 11 is 0. The highest BCUT2D eigenvalue weighted by Gasteiger charge is 2.23. The van der Waals surface area contributed by atoms with Crippen LogP contribution in [0.1, 0.15) is 38.8 Å². The fourth-order valence-corrected chi connectivity index (χ4v) is 4.12. The van der Waals surface area contributed by atoms with E-state index in [1.54, 1.807) is 61.7 Å². The van der Waals surface area contributed by atoms with E-state index >= 15 is 0 Å². The first-order chi connectivity index (χ1) is 17.8. The van der Waals surface area contributed by atoms with E-state index in [0.717, 1.165) is 11.1 Å². The number of hydrogen-bond acceptors (Lipinski definition) is 6. The number of hydrogen-bond donors (Lipinski definition) is 2. The number of ether oxygens (including phenoxy) is 1. The Morgan fingerprint density at radius 2 is 1.73 bits per heavy atom. The van der Waals surface area contributed by atoms with Crippen molar-refractivity contribution in [1.29, 1.82) is 5.41 Å². The van der Waals surface area contributed by atoms with Crippen LogP contribution < -0.4 is 10.6 Å². The van der Waals surface area contributed by atoms with Crippen molar-refractivity contribution in [2.45, 2.75) is 13.3 Å². The number of anilines is 1. The summed E-state index contributed by atoms with van der Waals surface area (Å²) < 4.78 is 6.95. The molecule has 37 heavy (non-hydrogen) atoms. The third-order valence-electron chi connectivity index (χ3n) is 5.98. The Kier molecular flexibility index (Phi) is 7.43. The van der Waals surface area contributed by atoms with Crippen LogP contribution in [0.15, 0.2) is 73.2 Å². The number of carbonyl (C=O) groups is 3. The molecule has 9 nitrogen and oxygen atoms in total. The van der Waals surface area contributed by atoms with Gasteiger partial charge in [0.25, 0.3) is 5.91 Å². The van der Waals surface area contributed by atoms with E-state index in [2.05, 4.69) is 4.98 Å². The van der Waals surface area contributed by atoms with Gasteiger partial charge in [-0.2, -0.15) is 0 Å². The van der Waals surface area contributed by atoms with E-state index in [9.17, 15) is 14.4 Å². The van der Waals surface area contributed by atoms with Crippen molar-refractivity contribution in [3.63, 3.8) is 0 Å². The number of fused-ring (bicyclic) bond motifs is 1. The predicted octanol–water partition coefficient (Wildman–Crippen LogP) is 3.49. The third-order valence-corrected chi connectivity index (χ3v) is 5.98. The van der Waals surface area contributed by atoms with Gasteiger partial charge in [0, 0.05) is 65.3 Å². The molecule has 9 heteroatoms. The smallest absolute Gasteiger partial charge is 0.326 e. The van der Waals surface area contributed by atoms with Crippen molar-refractivity contribution in [1.82, 2.24) is 9.55 Å². The zero-order chi connectivity index (χ0) is 26.5. The van der Waals surface area contributed by atoms with Crippen molar-refractivity contribution in [3.05, 3.63) is 95.4 Å². The minimum atomic E-state index is -0.539. The average molecular weight is 498 g/mol. The van der Waals surface area contributed by atoms with Gasteiger partial charge in [-0.15, -0.1) is 0 Å². The van der Waals surface area contributed by atoms with Crippen molar-refractivity contribution < 1.29 is 19.1 Å². The minimum absolute atomic E-state index is 0.0341. The molecule has 0 radical (unpaired) electrons. The number of nitrogens with zero attached hydrogens (tertiary/aromatic N) is 3. The van der Waals surface area contributed by atoms with E-state index in [1.165, 1.54) is 17.3 Å². The maximum Gasteiger partial charge on any atom is 0.326 e. The monoisotopic (exact) mass is 497 g/mol. The molecule has 4 aromatic rings. The number of Topliss-reactive ketones (excluding diaryl/α,β-unsaturated/α-hetero) is 1. The molecule has 0 aliphatic carbocycles. The maximum atomic E-state index is 13.4. The van der Waals surface area contributed by atoms with Crippen molar-refractivity contribution in [3.8, 4) is 0 Å². The molecule has 0 atom stereocenters. The second kappa shape index (κ2) is 10.9. The number of rotatable bonds is 9. The molecule has 3 N–H and O–H groups in total. The van der Waals surface area contributed by atoms with Gasteiger partial charge in [0.2, 0.25) is 0 Å². The third kappa shape index (κ3) is 5.56. The highest BCUT2D eigenvalue weighted by Crippen LogP contribution is 2.28. The lowest BCUT2D eigenvalue weighted by molar-refractivity contribution is -0.141. The summed E-state index contributed by atoms with van der Waals surface area (Å²) in [5, 5.41) is 8.20. The summed E-state index contributed by atoms with van der Waals surface area (Å²) in [4.78, 5) is 44.3. The zero-order valence-corrected chi connectivity index (χ0v) is 20.6. The van der Waals surface area contributed by atoms with E-state index in [1.807, 2.05) is 17.7 Å². The van der Waals surface area contributed by atoms with Gasteiger partial charge in [-0.05, 0) is 42.8 Å². The number of nitrogens with two attached hydrogens (primary N) is 1.